The molecule has 8 heteroatoms. The zero-order valence-corrected chi connectivity index (χ0v) is 18.0. The van der Waals surface area contributed by atoms with Crippen molar-refractivity contribution in [3.05, 3.63) is 42.2 Å². The molecule has 164 valence electrons. The Kier molecular flexibility index (Phi) is 7.48. The highest BCUT2D eigenvalue weighted by Gasteiger charge is 2.13. The van der Waals surface area contributed by atoms with E-state index in [-0.39, 0.29) is 11.7 Å². The average molecular weight is 425 g/mol. The molecular formula is C23H27N3O5. The number of para-hydroxylation sites is 1. The molecule has 2 N–H and O–H groups in total. The fourth-order valence-electron chi connectivity index (χ4n) is 3.23. The number of anilines is 2. The van der Waals surface area contributed by atoms with Crippen LogP contribution in [0.2, 0.25) is 0 Å². The van der Waals surface area contributed by atoms with Crippen molar-refractivity contribution in [2.24, 2.45) is 0 Å². The molecule has 3 rings (SSSR count). The number of esters is 1. The fourth-order valence-corrected chi connectivity index (χ4v) is 3.23. The molecule has 8 nitrogen and oxygen atoms in total. The van der Waals surface area contributed by atoms with Crippen molar-refractivity contribution in [3.8, 4) is 17.2 Å². The van der Waals surface area contributed by atoms with Crippen molar-refractivity contribution in [2.45, 2.75) is 32.6 Å². The minimum absolute atomic E-state index is 0.0144. The summed E-state index contributed by atoms with van der Waals surface area (Å²) in [6.45, 7) is 2.51. The van der Waals surface area contributed by atoms with Crippen LogP contribution in [0.1, 0.15) is 31.2 Å². The van der Waals surface area contributed by atoms with Gasteiger partial charge in [0.15, 0.2) is 11.5 Å². The quantitative estimate of drug-likeness (QED) is 0.361. The number of aromatic hydroxyl groups is 1. The van der Waals surface area contributed by atoms with Crippen LogP contribution in [0.25, 0.3) is 10.9 Å². The van der Waals surface area contributed by atoms with E-state index in [1.54, 1.807) is 12.1 Å². The maximum atomic E-state index is 11.2. The molecule has 1 heterocycles. The van der Waals surface area contributed by atoms with Crippen LogP contribution in [0.15, 0.2) is 36.7 Å². The second kappa shape index (κ2) is 10.5. The van der Waals surface area contributed by atoms with Crippen molar-refractivity contribution in [2.75, 3.05) is 26.1 Å². The highest BCUT2D eigenvalue weighted by molar-refractivity contribution is 5.93. The first-order valence-corrected chi connectivity index (χ1v) is 10.1. The van der Waals surface area contributed by atoms with E-state index in [2.05, 4.69) is 20.0 Å². The number of ether oxygens (including phenoxy) is 3. The molecule has 0 amide bonds. The first kappa shape index (κ1) is 22.1. The Hall–Kier alpha value is -3.55. The summed E-state index contributed by atoms with van der Waals surface area (Å²) in [5.41, 5.74) is 2.40. The maximum Gasteiger partial charge on any atom is 0.305 e. The third-order valence-corrected chi connectivity index (χ3v) is 4.90. The van der Waals surface area contributed by atoms with Crippen LogP contribution in [-0.2, 0) is 9.53 Å². The van der Waals surface area contributed by atoms with Gasteiger partial charge in [0.25, 0.3) is 0 Å². The van der Waals surface area contributed by atoms with Crippen LogP contribution < -0.4 is 14.8 Å². The minimum atomic E-state index is -0.188. The SMILES string of the molecule is COC(=O)CCCCCOc1c(C)cccc1Nc1ncnc2cc(OC)c(O)cc12. The number of aryl methyl sites for hydroxylation is 1. The van der Waals surface area contributed by atoms with E-state index in [9.17, 15) is 9.90 Å². The number of phenols is 1. The lowest BCUT2D eigenvalue weighted by Crippen LogP contribution is -2.04. The molecule has 0 unspecified atom stereocenters. The van der Waals surface area contributed by atoms with Gasteiger partial charge >= 0.3 is 5.97 Å². The Morgan fingerprint density at radius 3 is 2.74 bits per heavy atom. The number of benzene rings is 2. The number of hydrogen-bond acceptors (Lipinski definition) is 8. The number of aromatic nitrogens is 2. The minimum Gasteiger partial charge on any atom is -0.504 e. The van der Waals surface area contributed by atoms with Gasteiger partial charge in [-0.2, -0.15) is 0 Å². The van der Waals surface area contributed by atoms with Gasteiger partial charge in [-0.15, -0.1) is 0 Å². The Bertz CT molecular complexity index is 1050. The number of carbonyl (C=O) groups excluding carboxylic acids is 1. The summed E-state index contributed by atoms with van der Waals surface area (Å²) < 4.78 is 15.9. The molecule has 0 saturated heterocycles. The summed E-state index contributed by atoms with van der Waals surface area (Å²) in [4.78, 5) is 19.8. The third-order valence-electron chi connectivity index (χ3n) is 4.90. The molecule has 2 aromatic carbocycles. The van der Waals surface area contributed by atoms with E-state index >= 15 is 0 Å². The second-order valence-corrected chi connectivity index (χ2v) is 7.08. The van der Waals surface area contributed by atoms with E-state index in [4.69, 9.17) is 9.47 Å². The summed E-state index contributed by atoms with van der Waals surface area (Å²) in [6, 6.07) is 9.07. The van der Waals surface area contributed by atoms with Gasteiger partial charge in [-0.05, 0) is 43.9 Å². The van der Waals surface area contributed by atoms with Crippen LogP contribution in [0.5, 0.6) is 17.2 Å². The zero-order chi connectivity index (χ0) is 22.2. The largest absolute Gasteiger partial charge is 0.504 e. The smallest absolute Gasteiger partial charge is 0.305 e. The van der Waals surface area contributed by atoms with Gasteiger partial charge in [0, 0.05) is 17.9 Å². The maximum absolute atomic E-state index is 11.2. The van der Waals surface area contributed by atoms with Gasteiger partial charge in [0.1, 0.15) is 17.9 Å². The molecule has 0 radical (unpaired) electrons. The van der Waals surface area contributed by atoms with Crippen LogP contribution in [0.4, 0.5) is 11.5 Å². The van der Waals surface area contributed by atoms with E-state index in [0.717, 1.165) is 36.3 Å². The molecule has 0 bridgehead atoms. The van der Waals surface area contributed by atoms with Gasteiger partial charge in [0.2, 0.25) is 0 Å². The predicted octanol–water partition coefficient (Wildman–Crippen LogP) is 4.51. The van der Waals surface area contributed by atoms with Crippen molar-refractivity contribution < 1.29 is 24.1 Å². The Labute approximate surface area is 181 Å². The molecule has 3 aromatic rings. The molecule has 0 spiro atoms. The van der Waals surface area contributed by atoms with Crippen molar-refractivity contribution >= 4 is 28.4 Å². The highest BCUT2D eigenvalue weighted by Crippen LogP contribution is 2.36. The molecule has 1 aromatic heterocycles. The third kappa shape index (κ3) is 5.53. The molecular weight excluding hydrogens is 398 g/mol. The Balaban J connectivity index is 1.73. The standard InChI is InChI=1S/C23H27N3O5/c1-15-8-7-9-17(22(15)31-11-6-4-5-10-21(28)30-3)26-23-16-12-19(27)20(29-2)13-18(16)24-14-25-23/h7-9,12-14,27H,4-6,10-11H2,1-3H3,(H,24,25,26). The van der Waals surface area contributed by atoms with Crippen LogP contribution in [0.3, 0.4) is 0 Å². The second-order valence-electron chi connectivity index (χ2n) is 7.08. The molecule has 0 aliphatic carbocycles. The monoisotopic (exact) mass is 425 g/mol. The van der Waals surface area contributed by atoms with Gasteiger partial charge in [0.05, 0.1) is 32.0 Å². The van der Waals surface area contributed by atoms with Crippen molar-refractivity contribution in [1.82, 2.24) is 9.97 Å². The average Bonchev–Trinajstić information content (AvgIpc) is 2.77. The lowest BCUT2D eigenvalue weighted by molar-refractivity contribution is -0.140. The van der Waals surface area contributed by atoms with E-state index in [1.165, 1.54) is 20.5 Å². The summed E-state index contributed by atoms with van der Waals surface area (Å²) in [6.07, 6.45) is 4.36. The summed E-state index contributed by atoms with van der Waals surface area (Å²) in [7, 11) is 2.89. The zero-order valence-electron chi connectivity index (χ0n) is 18.0. The molecule has 0 saturated carbocycles. The van der Waals surface area contributed by atoms with Gasteiger partial charge in [-0.1, -0.05) is 12.1 Å². The number of fused-ring (bicyclic) bond motifs is 1. The number of unbranched alkanes of at least 4 members (excludes halogenated alkanes) is 2. The lowest BCUT2D eigenvalue weighted by atomic mass is 10.1. The topological polar surface area (TPSA) is 103 Å². The summed E-state index contributed by atoms with van der Waals surface area (Å²) in [5.74, 6) is 1.47. The fraction of sp³-hybridized carbons (Fsp3) is 0.348. The van der Waals surface area contributed by atoms with Crippen LogP contribution in [0, 0.1) is 6.92 Å². The number of methoxy groups -OCH3 is 2. The lowest BCUT2D eigenvalue weighted by Gasteiger charge is -2.16. The van der Waals surface area contributed by atoms with E-state index < -0.39 is 0 Å². The van der Waals surface area contributed by atoms with Gasteiger partial charge < -0.3 is 24.6 Å². The van der Waals surface area contributed by atoms with Gasteiger partial charge in [-0.3, -0.25) is 4.79 Å². The molecule has 0 fully saturated rings. The molecule has 0 aliphatic heterocycles. The number of nitrogens with one attached hydrogen (secondary N) is 1. The first-order valence-electron chi connectivity index (χ1n) is 10.1. The Morgan fingerprint density at radius 1 is 1.13 bits per heavy atom. The number of nitrogens with zero attached hydrogens (tertiary/aromatic N) is 2. The van der Waals surface area contributed by atoms with E-state index in [0.29, 0.717) is 35.5 Å². The number of carbonyl (C=O) groups is 1. The molecule has 0 atom stereocenters. The normalized spacial score (nSPS) is 10.7. The summed E-state index contributed by atoms with van der Waals surface area (Å²) in [5, 5.41) is 14.1. The first-order chi connectivity index (χ1) is 15.0. The molecule has 0 aliphatic rings. The number of rotatable bonds is 10. The van der Waals surface area contributed by atoms with Crippen molar-refractivity contribution in [3.63, 3.8) is 0 Å². The van der Waals surface area contributed by atoms with Crippen LogP contribution in [-0.4, -0.2) is 41.9 Å². The number of hydrogen-bond donors (Lipinski definition) is 2. The van der Waals surface area contributed by atoms with Crippen molar-refractivity contribution in [1.29, 1.82) is 0 Å². The predicted molar refractivity (Wildman–Crippen MR) is 118 cm³/mol. The molecule has 31 heavy (non-hydrogen) atoms. The summed E-state index contributed by atoms with van der Waals surface area (Å²) >= 11 is 0. The highest BCUT2D eigenvalue weighted by atomic mass is 16.5. The van der Waals surface area contributed by atoms with Gasteiger partial charge in [-0.25, -0.2) is 9.97 Å². The van der Waals surface area contributed by atoms with E-state index in [1.807, 2.05) is 25.1 Å². The number of phenolic OH excluding ortho intramolecular Hbond substituents is 1. The van der Waals surface area contributed by atoms with Crippen LogP contribution >= 0.6 is 0 Å². The Morgan fingerprint density at radius 2 is 1.97 bits per heavy atom.